The van der Waals surface area contributed by atoms with Crippen LogP contribution in [0, 0.1) is 5.92 Å². The van der Waals surface area contributed by atoms with Crippen LogP contribution in [0.4, 0.5) is 0 Å². The van der Waals surface area contributed by atoms with Gasteiger partial charge in [-0.15, -0.1) is 0 Å². The minimum atomic E-state index is 0.543. The monoisotopic (exact) mass is 158 g/mol. The van der Waals surface area contributed by atoms with Crippen LogP contribution in [-0.2, 0) is 0 Å². The van der Waals surface area contributed by atoms with E-state index in [1.54, 1.807) is 0 Å². The Labute approximate surface area is 68.6 Å². The van der Waals surface area contributed by atoms with Gasteiger partial charge in [0.2, 0.25) is 0 Å². The van der Waals surface area contributed by atoms with Crippen LogP contribution in [0.3, 0.4) is 0 Å². The smallest absolute Gasteiger partial charge is 0.0212 e. The first kappa shape index (κ1) is 9.77. The first-order valence-corrected chi connectivity index (χ1v) is 4.20. The maximum absolute atomic E-state index is 5.78. The van der Waals surface area contributed by atoms with Crippen molar-refractivity contribution in [3.05, 3.63) is 23.3 Å². The van der Waals surface area contributed by atoms with Crippen LogP contribution in [-0.4, -0.2) is 0 Å². The van der Waals surface area contributed by atoms with Crippen molar-refractivity contribution < 1.29 is 0 Å². The summed E-state index contributed by atoms with van der Waals surface area (Å²) in [6, 6.07) is 0. The Bertz CT molecular complexity index is 134. The fraction of sp³-hybridized carbons (Fsp3) is 0.556. The summed E-state index contributed by atoms with van der Waals surface area (Å²) < 4.78 is 0. The lowest BCUT2D eigenvalue weighted by molar-refractivity contribution is 0.721. The summed E-state index contributed by atoms with van der Waals surface area (Å²) in [6.07, 6.45) is 7.18. The van der Waals surface area contributed by atoms with E-state index in [-0.39, 0.29) is 0 Å². The van der Waals surface area contributed by atoms with Crippen molar-refractivity contribution >= 4 is 11.6 Å². The molecule has 1 aliphatic carbocycles. The quantitative estimate of drug-likeness (QED) is 0.504. The standard InChI is InChI=1S/C7H9Cl.C2H6/c1-6-4-2-3-5-7(6)8;1-2/h2-3,5-6H,4H2,1H3;1-2H3. The van der Waals surface area contributed by atoms with Crippen molar-refractivity contribution in [1.82, 2.24) is 0 Å². The Kier molecular flexibility index (Phi) is 5.42. The fourth-order valence-electron chi connectivity index (χ4n) is 0.720. The van der Waals surface area contributed by atoms with Gasteiger partial charge in [0.15, 0.2) is 0 Å². The van der Waals surface area contributed by atoms with E-state index in [0.29, 0.717) is 5.92 Å². The molecule has 1 unspecified atom stereocenters. The van der Waals surface area contributed by atoms with Gasteiger partial charge in [-0.2, -0.15) is 0 Å². The van der Waals surface area contributed by atoms with Gasteiger partial charge < -0.3 is 0 Å². The lowest BCUT2D eigenvalue weighted by atomic mass is 10.0. The molecular formula is C9H15Cl. The highest BCUT2D eigenvalue weighted by molar-refractivity contribution is 6.30. The molecule has 58 valence electrons. The highest BCUT2D eigenvalue weighted by Gasteiger charge is 2.04. The van der Waals surface area contributed by atoms with E-state index in [2.05, 4.69) is 13.0 Å². The van der Waals surface area contributed by atoms with Gasteiger partial charge in [0.05, 0.1) is 0 Å². The fourth-order valence-corrected chi connectivity index (χ4v) is 0.881. The van der Waals surface area contributed by atoms with Crippen molar-refractivity contribution in [3.63, 3.8) is 0 Å². The summed E-state index contributed by atoms with van der Waals surface area (Å²) in [7, 11) is 0. The number of halogens is 1. The van der Waals surface area contributed by atoms with E-state index < -0.39 is 0 Å². The lowest BCUT2D eigenvalue weighted by Gasteiger charge is -2.08. The van der Waals surface area contributed by atoms with Crippen molar-refractivity contribution in [1.29, 1.82) is 0 Å². The van der Waals surface area contributed by atoms with Crippen molar-refractivity contribution in [2.45, 2.75) is 27.2 Å². The van der Waals surface area contributed by atoms with Gasteiger partial charge in [-0.25, -0.2) is 0 Å². The number of hydrogen-bond acceptors (Lipinski definition) is 0. The molecule has 0 amide bonds. The van der Waals surface area contributed by atoms with Gasteiger partial charge in [-0.3, -0.25) is 0 Å². The Hall–Kier alpha value is -0.230. The summed E-state index contributed by atoms with van der Waals surface area (Å²) in [5.41, 5.74) is 0. The first-order valence-electron chi connectivity index (χ1n) is 3.83. The molecule has 0 bridgehead atoms. The third-order valence-electron chi connectivity index (χ3n) is 1.35. The zero-order chi connectivity index (χ0) is 7.98. The topological polar surface area (TPSA) is 0 Å². The average molecular weight is 159 g/mol. The summed E-state index contributed by atoms with van der Waals surface area (Å²) in [5, 5.41) is 0.979. The van der Waals surface area contributed by atoms with Crippen LogP contribution >= 0.6 is 11.6 Å². The molecule has 0 N–H and O–H groups in total. The van der Waals surface area contributed by atoms with Gasteiger partial charge in [-0.05, 0) is 18.4 Å². The third kappa shape index (κ3) is 3.07. The minimum absolute atomic E-state index is 0.543. The van der Waals surface area contributed by atoms with Crippen LogP contribution < -0.4 is 0 Å². The number of hydrogen-bond donors (Lipinski definition) is 0. The van der Waals surface area contributed by atoms with Gasteiger partial charge in [0.1, 0.15) is 0 Å². The average Bonchev–Trinajstić information content (AvgIpc) is 2.00. The van der Waals surface area contributed by atoms with E-state index in [0.717, 1.165) is 11.5 Å². The Balaban J connectivity index is 0.000000371. The Morgan fingerprint density at radius 3 is 2.40 bits per heavy atom. The second kappa shape index (κ2) is 5.55. The predicted octanol–water partition coefficient (Wildman–Crippen LogP) is 3.73. The van der Waals surface area contributed by atoms with E-state index in [4.69, 9.17) is 11.6 Å². The van der Waals surface area contributed by atoms with Crippen LogP contribution in [0.2, 0.25) is 0 Å². The second-order valence-electron chi connectivity index (χ2n) is 2.12. The van der Waals surface area contributed by atoms with E-state index in [1.807, 2.05) is 26.0 Å². The molecule has 0 saturated heterocycles. The van der Waals surface area contributed by atoms with E-state index >= 15 is 0 Å². The van der Waals surface area contributed by atoms with Gasteiger partial charge in [0, 0.05) is 5.03 Å². The molecule has 0 aliphatic heterocycles. The molecular weight excluding hydrogens is 144 g/mol. The first-order chi connectivity index (χ1) is 4.80. The third-order valence-corrected chi connectivity index (χ3v) is 1.85. The Morgan fingerprint density at radius 1 is 1.50 bits per heavy atom. The molecule has 0 aromatic rings. The van der Waals surface area contributed by atoms with E-state index in [1.165, 1.54) is 0 Å². The highest BCUT2D eigenvalue weighted by Crippen LogP contribution is 2.22. The summed E-state index contributed by atoms with van der Waals surface area (Å²) in [6.45, 7) is 6.13. The molecule has 1 heteroatoms. The number of allylic oxidation sites excluding steroid dienone is 4. The van der Waals surface area contributed by atoms with Crippen LogP contribution in [0.1, 0.15) is 27.2 Å². The molecule has 0 nitrogen and oxygen atoms in total. The van der Waals surface area contributed by atoms with Crippen LogP contribution in [0.15, 0.2) is 23.3 Å². The van der Waals surface area contributed by atoms with E-state index in [9.17, 15) is 0 Å². The summed E-state index contributed by atoms with van der Waals surface area (Å²) in [5.74, 6) is 0.543. The van der Waals surface area contributed by atoms with Gasteiger partial charge >= 0.3 is 0 Å². The van der Waals surface area contributed by atoms with Gasteiger partial charge in [-0.1, -0.05) is 44.5 Å². The van der Waals surface area contributed by atoms with Crippen molar-refractivity contribution in [2.24, 2.45) is 5.92 Å². The molecule has 1 atom stereocenters. The Morgan fingerprint density at radius 2 is 2.10 bits per heavy atom. The molecule has 0 fully saturated rings. The number of rotatable bonds is 0. The largest absolute Gasteiger partial charge is 0.0888 e. The van der Waals surface area contributed by atoms with Crippen LogP contribution in [0.5, 0.6) is 0 Å². The maximum Gasteiger partial charge on any atom is 0.0212 e. The second-order valence-corrected chi connectivity index (χ2v) is 2.55. The molecule has 0 spiro atoms. The van der Waals surface area contributed by atoms with Crippen molar-refractivity contribution in [3.8, 4) is 0 Å². The van der Waals surface area contributed by atoms with Crippen molar-refractivity contribution in [2.75, 3.05) is 0 Å². The molecule has 0 aromatic heterocycles. The molecule has 0 heterocycles. The van der Waals surface area contributed by atoms with Crippen LogP contribution in [0.25, 0.3) is 0 Å². The van der Waals surface area contributed by atoms with Gasteiger partial charge in [0.25, 0.3) is 0 Å². The molecule has 10 heavy (non-hydrogen) atoms. The zero-order valence-electron chi connectivity index (χ0n) is 6.89. The SMILES string of the molecule is CC.CC1CC=CC=C1Cl. The molecule has 0 saturated carbocycles. The predicted molar refractivity (Wildman–Crippen MR) is 48.2 cm³/mol. The summed E-state index contributed by atoms with van der Waals surface area (Å²) in [4.78, 5) is 0. The highest BCUT2D eigenvalue weighted by atomic mass is 35.5. The molecule has 0 radical (unpaired) electrons. The maximum atomic E-state index is 5.78. The molecule has 1 rings (SSSR count). The zero-order valence-corrected chi connectivity index (χ0v) is 7.65. The summed E-state index contributed by atoms with van der Waals surface area (Å²) >= 11 is 5.78. The molecule has 0 aromatic carbocycles. The minimum Gasteiger partial charge on any atom is -0.0888 e. The normalized spacial score (nSPS) is 22.8. The molecule has 1 aliphatic rings. The lowest BCUT2D eigenvalue weighted by Crippen LogP contribution is -1.94.